The second-order valence-corrected chi connectivity index (χ2v) is 6.91. The lowest BCUT2D eigenvalue weighted by Gasteiger charge is -2.27. The molecule has 1 aliphatic rings. The van der Waals surface area contributed by atoms with Crippen LogP contribution in [0.25, 0.3) is 0 Å². The van der Waals surface area contributed by atoms with Gasteiger partial charge in [0.1, 0.15) is 0 Å². The minimum Gasteiger partial charge on any atom is -0.388 e. The molecule has 0 saturated carbocycles. The lowest BCUT2D eigenvalue weighted by atomic mass is 9.79. The zero-order valence-electron chi connectivity index (χ0n) is 11.7. The van der Waals surface area contributed by atoms with Gasteiger partial charge >= 0.3 is 0 Å². The van der Waals surface area contributed by atoms with Crippen LogP contribution in [-0.4, -0.2) is 5.11 Å². The summed E-state index contributed by atoms with van der Waals surface area (Å²) >= 11 is 9.72. The first-order valence-electron chi connectivity index (χ1n) is 7.36. The molecule has 3 rings (SSSR count). The van der Waals surface area contributed by atoms with Crippen molar-refractivity contribution in [3.63, 3.8) is 0 Å². The minimum absolute atomic E-state index is 0.417. The van der Waals surface area contributed by atoms with E-state index in [1.54, 1.807) is 0 Å². The van der Waals surface area contributed by atoms with Crippen LogP contribution in [-0.2, 0) is 6.42 Å². The van der Waals surface area contributed by atoms with Crippen LogP contribution in [0.2, 0.25) is 5.02 Å². The van der Waals surface area contributed by atoms with Crippen molar-refractivity contribution in [3.05, 3.63) is 68.7 Å². The average Bonchev–Trinajstić information content (AvgIpc) is 2.50. The highest BCUT2D eigenvalue weighted by atomic mass is 79.9. The fourth-order valence-electron chi connectivity index (χ4n) is 3.27. The first kappa shape index (κ1) is 15.1. The van der Waals surface area contributed by atoms with Crippen molar-refractivity contribution >= 4 is 27.5 Å². The van der Waals surface area contributed by atoms with Crippen LogP contribution in [0, 0.1) is 0 Å². The Morgan fingerprint density at radius 1 is 1.19 bits per heavy atom. The van der Waals surface area contributed by atoms with Crippen molar-refractivity contribution in [1.82, 2.24) is 0 Å². The molecule has 0 fully saturated rings. The van der Waals surface area contributed by atoms with Crippen LogP contribution in [0.5, 0.6) is 0 Å². The summed E-state index contributed by atoms with van der Waals surface area (Å²) in [7, 11) is 0. The zero-order valence-corrected chi connectivity index (χ0v) is 14.1. The summed E-state index contributed by atoms with van der Waals surface area (Å²) in [6.07, 6.45) is 3.69. The Kier molecular flexibility index (Phi) is 4.68. The normalized spacial score (nSPS) is 19.1. The third kappa shape index (κ3) is 3.18. The van der Waals surface area contributed by atoms with Crippen LogP contribution in [0.4, 0.5) is 0 Å². The smallest absolute Gasteiger partial charge is 0.0810 e. The summed E-state index contributed by atoms with van der Waals surface area (Å²) in [5.41, 5.74) is 3.64. The number of aliphatic hydroxyl groups is 1. The van der Waals surface area contributed by atoms with Crippen LogP contribution < -0.4 is 0 Å². The van der Waals surface area contributed by atoms with Crippen molar-refractivity contribution in [2.75, 3.05) is 0 Å². The van der Waals surface area contributed by atoms with Crippen LogP contribution in [0.1, 0.15) is 48.0 Å². The topological polar surface area (TPSA) is 20.2 Å². The number of halogens is 2. The molecule has 0 aliphatic heterocycles. The SMILES string of the molecule is OC(CC1CCCc2ccccc21)c1cccc(Br)c1Cl. The van der Waals surface area contributed by atoms with E-state index in [9.17, 15) is 5.11 Å². The van der Waals surface area contributed by atoms with Crippen molar-refractivity contribution in [2.24, 2.45) is 0 Å². The van der Waals surface area contributed by atoms with Crippen LogP contribution in [0.3, 0.4) is 0 Å². The van der Waals surface area contributed by atoms with Gasteiger partial charge in [-0.25, -0.2) is 0 Å². The van der Waals surface area contributed by atoms with Crippen molar-refractivity contribution in [3.8, 4) is 0 Å². The largest absolute Gasteiger partial charge is 0.388 e. The number of aryl methyl sites for hydroxylation is 1. The third-order valence-corrected chi connectivity index (χ3v) is 5.65. The number of benzene rings is 2. The lowest BCUT2D eigenvalue weighted by Crippen LogP contribution is -2.13. The molecule has 0 heterocycles. The molecular weight excluding hydrogens is 348 g/mol. The molecule has 0 spiro atoms. The molecular formula is C18H18BrClO. The quantitative estimate of drug-likeness (QED) is 0.745. The van der Waals surface area contributed by atoms with Crippen LogP contribution in [0.15, 0.2) is 46.9 Å². The van der Waals surface area contributed by atoms with Crippen molar-refractivity contribution < 1.29 is 5.11 Å². The predicted octanol–water partition coefficient (Wildman–Crippen LogP) is 5.65. The highest BCUT2D eigenvalue weighted by Gasteiger charge is 2.24. The fraction of sp³-hybridized carbons (Fsp3) is 0.333. The van der Waals surface area contributed by atoms with Gasteiger partial charge in [0.2, 0.25) is 0 Å². The molecule has 1 nitrogen and oxygen atoms in total. The van der Waals surface area contributed by atoms with Crippen molar-refractivity contribution in [2.45, 2.75) is 37.7 Å². The van der Waals surface area contributed by atoms with E-state index in [4.69, 9.17) is 11.6 Å². The predicted molar refractivity (Wildman–Crippen MR) is 90.8 cm³/mol. The first-order valence-corrected chi connectivity index (χ1v) is 8.53. The molecule has 0 amide bonds. The summed E-state index contributed by atoms with van der Waals surface area (Å²) in [6, 6.07) is 14.3. The molecule has 0 radical (unpaired) electrons. The molecule has 3 heteroatoms. The van der Waals surface area contributed by atoms with Gasteiger partial charge in [-0.15, -0.1) is 0 Å². The van der Waals surface area contributed by atoms with Gasteiger partial charge in [0.05, 0.1) is 11.1 Å². The molecule has 2 unspecified atom stereocenters. The number of rotatable bonds is 3. The first-order chi connectivity index (χ1) is 10.2. The number of aliphatic hydroxyl groups excluding tert-OH is 1. The Morgan fingerprint density at radius 3 is 2.86 bits per heavy atom. The van der Waals surface area contributed by atoms with E-state index >= 15 is 0 Å². The summed E-state index contributed by atoms with van der Waals surface area (Å²) in [5, 5.41) is 11.2. The van der Waals surface area contributed by atoms with E-state index in [-0.39, 0.29) is 0 Å². The maximum absolute atomic E-state index is 10.6. The Labute approximate surface area is 139 Å². The van der Waals surface area contributed by atoms with Gasteiger partial charge in [0.25, 0.3) is 0 Å². The molecule has 0 aromatic heterocycles. The van der Waals surface area contributed by atoms with Gasteiger partial charge in [-0.05, 0) is 64.7 Å². The number of fused-ring (bicyclic) bond motifs is 1. The minimum atomic E-state index is -0.522. The Morgan fingerprint density at radius 2 is 2.00 bits per heavy atom. The standard InChI is InChI=1S/C18H18BrClO/c19-16-10-4-9-15(18(16)20)17(21)11-13-7-3-6-12-5-1-2-8-14(12)13/h1-2,4-5,8-10,13,17,21H,3,6-7,11H2. The number of hydrogen-bond acceptors (Lipinski definition) is 1. The summed E-state index contributed by atoms with van der Waals surface area (Å²) in [4.78, 5) is 0. The maximum atomic E-state index is 10.6. The molecule has 2 atom stereocenters. The van der Waals surface area contributed by atoms with Crippen LogP contribution >= 0.6 is 27.5 Å². The Hall–Kier alpha value is -0.830. The fourth-order valence-corrected chi connectivity index (χ4v) is 3.91. The lowest BCUT2D eigenvalue weighted by molar-refractivity contribution is 0.154. The number of hydrogen-bond donors (Lipinski definition) is 1. The van der Waals surface area contributed by atoms with E-state index in [0.29, 0.717) is 10.9 Å². The molecule has 2 aromatic rings. The van der Waals surface area contributed by atoms with E-state index in [1.807, 2.05) is 18.2 Å². The van der Waals surface area contributed by atoms with E-state index in [1.165, 1.54) is 17.5 Å². The molecule has 0 saturated heterocycles. The summed E-state index contributed by atoms with van der Waals surface area (Å²) in [6.45, 7) is 0. The highest BCUT2D eigenvalue weighted by Crippen LogP contribution is 2.40. The Bertz CT molecular complexity index is 641. The van der Waals surface area contributed by atoms with E-state index < -0.39 is 6.10 Å². The third-order valence-electron chi connectivity index (χ3n) is 4.34. The Balaban J connectivity index is 1.83. The van der Waals surface area contributed by atoms with Gasteiger partial charge in [-0.2, -0.15) is 0 Å². The molecule has 21 heavy (non-hydrogen) atoms. The van der Waals surface area contributed by atoms with Gasteiger partial charge in [-0.1, -0.05) is 48.0 Å². The monoisotopic (exact) mass is 364 g/mol. The van der Waals surface area contributed by atoms with E-state index in [0.717, 1.165) is 29.3 Å². The molecule has 0 bridgehead atoms. The highest BCUT2D eigenvalue weighted by molar-refractivity contribution is 9.10. The molecule has 1 aliphatic carbocycles. The van der Waals surface area contributed by atoms with Gasteiger partial charge < -0.3 is 5.11 Å². The summed E-state index contributed by atoms with van der Waals surface area (Å²) in [5.74, 6) is 0.417. The second-order valence-electron chi connectivity index (χ2n) is 5.68. The second kappa shape index (κ2) is 6.51. The molecule has 1 N–H and O–H groups in total. The van der Waals surface area contributed by atoms with Gasteiger partial charge in [0.15, 0.2) is 0 Å². The zero-order chi connectivity index (χ0) is 14.8. The maximum Gasteiger partial charge on any atom is 0.0810 e. The van der Waals surface area contributed by atoms with Gasteiger partial charge in [0, 0.05) is 10.0 Å². The van der Waals surface area contributed by atoms with Crippen molar-refractivity contribution in [1.29, 1.82) is 0 Å². The summed E-state index contributed by atoms with van der Waals surface area (Å²) < 4.78 is 0.838. The van der Waals surface area contributed by atoms with E-state index in [2.05, 4.69) is 40.2 Å². The molecule has 110 valence electrons. The molecule has 2 aromatic carbocycles. The van der Waals surface area contributed by atoms with Gasteiger partial charge in [-0.3, -0.25) is 0 Å². The average molecular weight is 366 g/mol.